The SMILES string of the molecule is CCOc1ccc(C2=C(N(C)c3ccccc3)C(=O)N(c3ccc(Cl)cc3C)C2=O)cc1. The van der Waals surface area contributed by atoms with Gasteiger partial charge in [0, 0.05) is 17.8 Å². The maximum atomic E-state index is 13.7. The largest absolute Gasteiger partial charge is 0.494 e. The van der Waals surface area contributed by atoms with Gasteiger partial charge in [0.15, 0.2) is 0 Å². The lowest BCUT2D eigenvalue weighted by atomic mass is 10.0. The number of imide groups is 1. The number of carbonyl (C=O) groups excluding carboxylic acids is 2. The molecule has 0 N–H and O–H groups in total. The molecule has 1 heterocycles. The lowest BCUT2D eigenvalue weighted by molar-refractivity contribution is -0.120. The van der Waals surface area contributed by atoms with Gasteiger partial charge in [0.05, 0.1) is 17.9 Å². The molecule has 6 heteroatoms. The molecule has 162 valence electrons. The molecule has 3 aromatic rings. The fraction of sp³-hybridized carbons (Fsp3) is 0.154. The molecule has 0 fully saturated rings. The van der Waals surface area contributed by atoms with Crippen molar-refractivity contribution in [3.63, 3.8) is 0 Å². The first-order valence-corrected chi connectivity index (χ1v) is 10.7. The van der Waals surface area contributed by atoms with Crippen molar-refractivity contribution >= 4 is 40.4 Å². The molecule has 0 bridgehead atoms. The number of hydrogen-bond acceptors (Lipinski definition) is 4. The van der Waals surface area contributed by atoms with Gasteiger partial charge in [-0.25, -0.2) is 4.90 Å². The van der Waals surface area contributed by atoms with Gasteiger partial charge in [0.2, 0.25) is 0 Å². The van der Waals surface area contributed by atoms with Crippen LogP contribution in [0.15, 0.2) is 78.5 Å². The average molecular weight is 447 g/mol. The Bertz CT molecular complexity index is 1200. The summed E-state index contributed by atoms with van der Waals surface area (Å²) >= 11 is 6.10. The van der Waals surface area contributed by atoms with Crippen molar-refractivity contribution in [2.45, 2.75) is 13.8 Å². The molecule has 3 aromatic carbocycles. The van der Waals surface area contributed by atoms with Gasteiger partial charge in [0.1, 0.15) is 11.4 Å². The number of benzene rings is 3. The predicted molar refractivity (Wildman–Crippen MR) is 128 cm³/mol. The van der Waals surface area contributed by atoms with Gasteiger partial charge < -0.3 is 9.64 Å². The van der Waals surface area contributed by atoms with Gasteiger partial charge in [-0.1, -0.05) is 41.9 Å². The molecular weight excluding hydrogens is 424 g/mol. The highest BCUT2D eigenvalue weighted by molar-refractivity contribution is 6.46. The first kappa shape index (κ1) is 21.7. The monoisotopic (exact) mass is 446 g/mol. The summed E-state index contributed by atoms with van der Waals surface area (Å²) in [7, 11) is 1.79. The molecule has 0 aliphatic carbocycles. The molecule has 0 saturated carbocycles. The number of aryl methyl sites for hydroxylation is 1. The Balaban J connectivity index is 1.86. The van der Waals surface area contributed by atoms with E-state index in [1.807, 2.05) is 56.3 Å². The number of anilines is 2. The number of likely N-dealkylation sites (N-methyl/N-ethyl adjacent to an activating group) is 1. The van der Waals surface area contributed by atoms with Crippen molar-refractivity contribution in [2.75, 3.05) is 23.5 Å². The van der Waals surface area contributed by atoms with Gasteiger partial charge in [-0.05, 0) is 67.4 Å². The maximum Gasteiger partial charge on any atom is 0.282 e. The van der Waals surface area contributed by atoms with E-state index in [4.69, 9.17) is 16.3 Å². The number of ether oxygens (including phenoxy) is 1. The van der Waals surface area contributed by atoms with E-state index in [-0.39, 0.29) is 11.8 Å². The first-order valence-electron chi connectivity index (χ1n) is 10.3. The minimum Gasteiger partial charge on any atom is -0.494 e. The van der Waals surface area contributed by atoms with E-state index < -0.39 is 0 Å². The van der Waals surface area contributed by atoms with Crippen molar-refractivity contribution in [2.24, 2.45) is 0 Å². The van der Waals surface area contributed by atoms with Crippen LogP contribution in [0.25, 0.3) is 5.57 Å². The number of carbonyl (C=O) groups is 2. The molecule has 5 nitrogen and oxygen atoms in total. The van der Waals surface area contributed by atoms with Crippen LogP contribution < -0.4 is 14.5 Å². The Morgan fingerprint density at radius 2 is 1.62 bits per heavy atom. The number of nitrogens with zero attached hydrogens (tertiary/aromatic N) is 2. The van der Waals surface area contributed by atoms with E-state index in [1.165, 1.54) is 4.90 Å². The van der Waals surface area contributed by atoms with Gasteiger partial charge in [0.25, 0.3) is 11.8 Å². The Kier molecular flexibility index (Phi) is 6.01. The van der Waals surface area contributed by atoms with Gasteiger partial charge in [-0.2, -0.15) is 0 Å². The van der Waals surface area contributed by atoms with E-state index >= 15 is 0 Å². The van der Waals surface area contributed by atoms with E-state index in [0.29, 0.717) is 39.9 Å². The van der Waals surface area contributed by atoms with Crippen molar-refractivity contribution in [3.8, 4) is 5.75 Å². The fourth-order valence-corrected chi connectivity index (χ4v) is 4.07. The molecule has 0 aromatic heterocycles. The summed E-state index contributed by atoms with van der Waals surface area (Å²) < 4.78 is 5.53. The molecular formula is C26H23ClN2O3. The minimum absolute atomic E-state index is 0.319. The third kappa shape index (κ3) is 3.87. The van der Waals surface area contributed by atoms with E-state index in [9.17, 15) is 9.59 Å². The summed E-state index contributed by atoms with van der Waals surface area (Å²) in [4.78, 5) is 30.3. The maximum absolute atomic E-state index is 13.7. The molecule has 1 aliphatic rings. The zero-order chi connectivity index (χ0) is 22.8. The Morgan fingerprint density at radius 1 is 0.938 bits per heavy atom. The number of hydrogen-bond donors (Lipinski definition) is 0. The third-order valence-corrected chi connectivity index (χ3v) is 5.63. The number of rotatable bonds is 6. The van der Waals surface area contributed by atoms with Crippen LogP contribution in [0, 0.1) is 6.92 Å². The van der Waals surface area contributed by atoms with E-state index in [0.717, 1.165) is 11.3 Å². The van der Waals surface area contributed by atoms with Crippen LogP contribution in [0.2, 0.25) is 5.02 Å². The molecule has 0 spiro atoms. The van der Waals surface area contributed by atoms with Crippen LogP contribution in [0.4, 0.5) is 11.4 Å². The van der Waals surface area contributed by atoms with Gasteiger partial charge in [-0.15, -0.1) is 0 Å². The van der Waals surface area contributed by atoms with Gasteiger partial charge >= 0.3 is 0 Å². The second kappa shape index (κ2) is 8.89. The van der Waals surface area contributed by atoms with Crippen molar-refractivity contribution in [3.05, 3.63) is 94.6 Å². The lowest BCUT2D eigenvalue weighted by Gasteiger charge is -2.22. The first-order chi connectivity index (χ1) is 15.4. The van der Waals surface area contributed by atoms with Crippen LogP contribution in [0.5, 0.6) is 5.75 Å². The second-order valence-corrected chi connectivity index (χ2v) is 7.89. The number of amides is 2. The van der Waals surface area contributed by atoms with Crippen molar-refractivity contribution < 1.29 is 14.3 Å². The third-order valence-electron chi connectivity index (χ3n) is 5.39. The zero-order valence-corrected chi connectivity index (χ0v) is 18.9. The minimum atomic E-state index is -0.379. The summed E-state index contributed by atoms with van der Waals surface area (Å²) in [6, 6.07) is 21.8. The molecule has 32 heavy (non-hydrogen) atoms. The molecule has 0 unspecified atom stereocenters. The van der Waals surface area contributed by atoms with Crippen molar-refractivity contribution in [1.82, 2.24) is 0 Å². The van der Waals surface area contributed by atoms with Crippen LogP contribution in [-0.2, 0) is 9.59 Å². The highest BCUT2D eigenvalue weighted by Gasteiger charge is 2.42. The Hall–Kier alpha value is -3.57. The van der Waals surface area contributed by atoms with Crippen LogP contribution >= 0.6 is 11.6 Å². The number of para-hydroxylation sites is 1. The quantitative estimate of drug-likeness (QED) is 0.471. The fourth-order valence-electron chi connectivity index (χ4n) is 3.84. The van der Waals surface area contributed by atoms with Crippen LogP contribution in [0.3, 0.4) is 0 Å². The molecule has 1 aliphatic heterocycles. The molecule has 0 saturated heterocycles. The van der Waals surface area contributed by atoms with E-state index in [1.54, 1.807) is 42.3 Å². The highest BCUT2D eigenvalue weighted by atomic mass is 35.5. The van der Waals surface area contributed by atoms with Crippen molar-refractivity contribution in [1.29, 1.82) is 0 Å². The van der Waals surface area contributed by atoms with Crippen LogP contribution in [-0.4, -0.2) is 25.5 Å². The molecule has 0 atom stereocenters. The molecule has 0 radical (unpaired) electrons. The lowest BCUT2D eigenvalue weighted by Crippen LogP contribution is -2.34. The highest BCUT2D eigenvalue weighted by Crippen LogP contribution is 2.38. The summed E-state index contributed by atoms with van der Waals surface area (Å²) in [5.74, 6) is -0.0463. The average Bonchev–Trinajstić information content (AvgIpc) is 3.05. The predicted octanol–water partition coefficient (Wildman–Crippen LogP) is 5.47. The molecule has 2 amide bonds. The molecule has 4 rings (SSSR count). The topological polar surface area (TPSA) is 49.9 Å². The van der Waals surface area contributed by atoms with Gasteiger partial charge in [-0.3, -0.25) is 9.59 Å². The smallest absolute Gasteiger partial charge is 0.282 e. The number of halogens is 1. The zero-order valence-electron chi connectivity index (χ0n) is 18.1. The standard InChI is InChI=1S/C26H23ClN2O3/c1-4-32-21-13-10-18(11-14-21)23-24(28(3)20-8-6-5-7-9-20)26(31)29(25(23)30)22-15-12-19(27)16-17(22)2/h5-16H,4H2,1-3H3. The second-order valence-electron chi connectivity index (χ2n) is 7.45. The van der Waals surface area contributed by atoms with E-state index in [2.05, 4.69) is 0 Å². The summed E-state index contributed by atoms with van der Waals surface area (Å²) in [5.41, 5.74) is 3.39. The Labute approximate surface area is 192 Å². The summed E-state index contributed by atoms with van der Waals surface area (Å²) in [5, 5.41) is 0.548. The van der Waals surface area contributed by atoms with Crippen LogP contribution in [0.1, 0.15) is 18.1 Å². The Morgan fingerprint density at radius 3 is 2.25 bits per heavy atom. The summed E-state index contributed by atoms with van der Waals surface area (Å²) in [6.45, 7) is 4.29. The normalized spacial score (nSPS) is 13.7. The summed E-state index contributed by atoms with van der Waals surface area (Å²) in [6.07, 6.45) is 0.